The number of carbonyl (C=O) groups is 2. The lowest BCUT2D eigenvalue weighted by molar-refractivity contribution is -0.125. The minimum absolute atomic E-state index is 0.0758. The molecule has 3 aromatic rings. The number of amides is 2. The highest BCUT2D eigenvalue weighted by Crippen LogP contribution is 2.26. The van der Waals surface area contributed by atoms with Gasteiger partial charge < -0.3 is 10.6 Å². The van der Waals surface area contributed by atoms with Gasteiger partial charge in [0.05, 0.1) is 18.6 Å². The first-order valence-electron chi connectivity index (χ1n) is 9.94. The lowest BCUT2D eigenvalue weighted by atomic mass is 10.0. The van der Waals surface area contributed by atoms with Crippen molar-refractivity contribution in [3.63, 3.8) is 0 Å². The topological polar surface area (TPSA) is 70.2 Å². The second-order valence-electron chi connectivity index (χ2n) is 7.28. The lowest BCUT2D eigenvalue weighted by Gasteiger charge is -2.22. The predicted octanol–water partition coefficient (Wildman–Crippen LogP) is 4.19. The van der Waals surface area contributed by atoms with E-state index in [2.05, 4.69) is 22.0 Å². The summed E-state index contributed by atoms with van der Waals surface area (Å²) in [5, 5.41) is 11.0. The second kappa shape index (κ2) is 10.2. The summed E-state index contributed by atoms with van der Waals surface area (Å²) in [6.45, 7) is 5.62. The SMILES string of the molecule is Cc1cccc(C)c1NC(=O)CNC(=O)[C@@H](C)N[C@@H](c1ccccc1)c1cccs1. The van der Waals surface area contributed by atoms with E-state index in [9.17, 15) is 9.59 Å². The maximum atomic E-state index is 12.6. The Morgan fingerprint density at radius 2 is 1.63 bits per heavy atom. The Morgan fingerprint density at radius 3 is 2.27 bits per heavy atom. The number of aryl methyl sites for hydroxylation is 2. The molecular weight excluding hydrogens is 394 g/mol. The van der Waals surface area contributed by atoms with Crippen LogP contribution in [0.3, 0.4) is 0 Å². The summed E-state index contributed by atoms with van der Waals surface area (Å²) >= 11 is 1.64. The molecule has 5 nitrogen and oxygen atoms in total. The molecule has 6 heteroatoms. The van der Waals surface area contributed by atoms with Crippen LogP contribution < -0.4 is 16.0 Å². The van der Waals surface area contributed by atoms with Crippen LogP contribution in [-0.2, 0) is 9.59 Å². The normalized spacial score (nSPS) is 12.8. The second-order valence-corrected chi connectivity index (χ2v) is 8.26. The number of para-hydroxylation sites is 1. The van der Waals surface area contributed by atoms with E-state index in [1.54, 1.807) is 11.3 Å². The number of carbonyl (C=O) groups excluding carboxylic acids is 2. The van der Waals surface area contributed by atoms with Gasteiger partial charge in [-0.2, -0.15) is 0 Å². The average molecular weight is 422 g/mol. The van der Waals surface area contributed by atoms with Crippen molar-refractivity contribution in [2.24, 2.45) is 0 Å². The first-order chi connectivity index (χ1) is 14.5. The van der Waals surface area contributed by atoms with Gasteiger partial charge in [-0.1, -0.05) is 54.6 Å². The molecule has 0 radical (unpaired) electrons. The third-order valence-electron chi connectivity index (χ3n) is 4.94. The molecule has 2 aromatic carbocycles. The molecule has 0 spiro atoms. The molecule has 0 aliphatic carbocycles. The van der Waals surface area contributed by atoms with Gasteiger partial charge in [-0.15, -0.1) is 11.3 Å². The molecule has 0 bridgehead atoms. The molecule has 1 heterocycles. The number of hydrogen-bond donors (Lipinski definition) is 3. The molecule has 2 atom stereocenters. The third kappa shape index (κ3) is 5.55. The van der Waals surface area contributed by atoms with Crippen molar-refractivity contribution < 1.29 is 9.59 Å². The Kier molecular flexibility index (Phi) is 7.38. The first-order valence-corrected chi connectivity index (χ1v) is 10.8. The molecule has 3 N–H and O–H groups in total. The zero-order valence-corrected chi connectivity index (χ0v) is 18.3. The van der Waals surface area contributed by atoms with Gasteiger partial charge >= 0.3 is 0 Å². The number of rotatable bonds is 8. The fraction of sp³-hybridized carbons (Fsp3) is 0.250. The molecule has 0 fully saturated rings. The van der Waals surface area contributed by atoms with Crippen molar-refractivity contribution in [3.8, 4) is 0 Å². The van der Waals surface area contributed by atoms with Gasteiger partial charge in [0, 0.05) is 10.6 Å². The summed E-state index contributed by atoms with van der Waals surface area (Å²) < 4.78 is 0. The highest BCUT2D eigenvalue weighted by atomic mass is 32.1. The van der Waals surface area contributed by atoms with E-state index in [4.69, 9.17) is 0 Å². The third-order valence-corrected chi connectivity index (χ3v) is 5.88. The van der Waals surface area contributed by atoms with Crippen molar-refractivity contribution in [3.05, 3.63) is 87.6 Å². The quantitative estimate of drug-likeness (QED) is 0.511. The summed E-state index contributed by atoms with van der Waals surface area (Å²) in [6.07, 6.45) is 0. The van der Waals surface area contributed by atoms with Crippen molar-refractivity contribution in [1.82, 2.24) is 10.6 Å². The molecule has 156 valence electrons. The molecule has 3 rings (SSSR count). The zero-order chi connectivity index (χ0) is 21.5. The monoisotopic (exact) mass is 421 g/mol. The minimum Gasteiger partial charge on any atom is -0.346 e. The van der Waals surface area contributed by atoms with E-state index in [1.165, 1.54) is 0 Å². The standard InChI is InChI=1S/C24H27N3O2S/c1-16-9-7-10-17(2)22(16)27-21(28)15-25-24(29)18(3)26-23(20-13-8-14-30-20)19-11-5-4-6-12-19/h4-14,18,23,26H,15H2,1-3H3,(H,25,29)(H,27,28)/t18-,23+/m1/s1. The smallest absolute Gasteiger partial charge is 0.243 e. The van der Waals surface area contributed by atoms with Gasteiger partial charge in [0.1, 0.15) is 0 Å². The number of nitrogens with one attached hydrogen (secondary N) is 3. The van der Waals surface area contributed by atoms with Crippen molar-refractivity contribution in [2.45, 2.75) is 32.9 Å². The van der Waals surface area contributed by atoms with Crippen LogP contribution in [0.15, 0.2) is 66.0 Å². The van der Waals surface area contributed by atoms with Crippen LogP contribution in [0, 0.1) is 13.8 Å². The van der Waals surface area contributed by atoms with E-state index < -0.39 is 6.04 Å². The first kappa shape index (κ1) is 21.7. The number of anilines is 1. The molecule has 0 saturated heterocycles. The van der Waals surface area contributed by atoms with Crippen LogP contribution in [0.1, 0.15) is 34.5 Å². The van der Waals surface area contributed by atoms with Gasteiger partial charge in [0.2, 0.25) is 11.8 Å². The fourth-order valence-corrected chi connectivity index (χ4v) is 4.10. The van der Waals surface area contributed by atoms with Crippen LogP contribution in [0.25, 0.3) is 0 Å². The number of hydrogen-bond acceptors (Lipinski definition) is 4. The van der Waals surface area contributed by atoms with Crippen LogP contribution in [-0.4, -0.2) is 24.4 Å². The van der Waals surface area contributed by atoms with E-state index in [0.717, 1.165) is 27.3 Å². The lowest BCUT2D eigenvalue weighted by Crippen LogP contribution is -2.46. The van der Waals surface area contributed by atoms with Gasteiger partial charge in [-0.3, -0.25) is 14.9 Å². The van der Waals surface area contributed by atoms with Crippen LogP contribution >= 0.6 is 11.3 Å². The van der Waals surface area contributed by atoms with Crippen LogP contribution in [0.5, 0.6) is 0 Å². The zero-order valence-electron chi connectivity index (χ0n) is 17.4. The predicted molar refractivity (Wildman–Crippen MR) is 123 cm³/mol. The summed E-state index contributed by atoms with van der Waals surface area (Å²) in [5.74, 6) is -0.463. The maximum Gasteiger partial charge on any atom is 0.243 e. The largest absolute Gasteiger partial charge is 0.346 e. The summed E-state index contributed by atoms with van der Waals surface area (Å²) in [7, 11) is 0. The molecular formula is C24H27N3O2S. The van der Waals surface area contributed by atoms with E-state index in [-0.39, 0.29) is 24.4 Å². The fourth-order valence-electron chi connectivity index (χ4n) is 3.29. The van der Waals surface area contributed by atoms with Gasteiger partial charge in [-0.25, -0.2) is 0 Å². The molecule has 30 heavy (non-hydrogen) atoms. The Bertz CT molecular complexity index is 967. The Balaban J connectivity index is 1.59. The van der Waals surface area contributed by atoms with Crippen molar-refractivity contribution in [2.75, 3.05) is 11.9 Å². The van der Waals surface area contributed by atoms with Crippen LogP contribution in [0.2, 0.25) is 0 Å². The van der Waals surface area contributed by atoms with Crippen molar-refractivity contribution >= 4 is 28.8 Å². The molecule has 1 aromatic heterocycles. The molecule has 2 amide bonds. The van der Waals surface area contributed by atoms with Gasteiger partial charge in [0.25, 0.3) is 0 Å². The summed E-state index contributed by atoms with van der Waals surface area (Å²) in [6, 6.07) is 19.4. The Hall–Kier alpha value is -2.96. The van der Waals surface area contributed by atoms with Crippen molar-refractivity contribution in [1.29, 1.82) is 0 Å². The summed E-state index contributed by atoms with van der Waals surface area (Å²) in [5.41, 5.74) is 3.87. The van der Waals surface area contributed by atoms with Crippen LogP contribution in [0.4, 0.5) is 5.69 Å². The molecule has 0 saturated carbocycles. The highest BCUT2D eigenvalue weighted by Gasteiger charge is 2.21. The molecule has 0 aliphatic heterocycles. The highest BCUT2D eigenvalue weighted by molar-refractivity contribution is 7.10. The van der Waals surface area contributed by atoms with E-state index >= 15 is 0 Å². The Morgan fingerprint density at radius 1 is 0.933 bits per heavy atom. The van der Waals surface area contributed by atoms with E-state index in [0.29, 0.717) is 0 Å². The maximum absolute atomic E-state index is 12.6. The summed E-state index contributed by atoms with van der Waals surface area (Å²) in [4.78, 5) is 26.1. The Labute approximate surface area is 181 Å². The van der Waals surface area contributed by atoms with E-state index in [1.807, 2.05) is 80.7 Å². The minimum atomic E-state index is -0.467. The molecule has 0 unspecified atom stereocenters. The molecule has 0 aliphatic rings. The number of benzene rings is 2. The average Bonchev–Trinajstić information content (AvgIpc) is 3.28. The van der Waals surface area contributed by atoms with Gasteiger partial charge in [0.15, 0.2) is 0 Å². The van der Waals surface area contributed by atoms with Gasteiger partial charge in [-0.05, 0) is 48.9 Å². The number of thiophene rings is 1.